The number of nitrogens with zero attached hydrogens (tertiary/aromatic N) is 2. The van der Waals surface area contributed by atoms with E-state index < -0.39 is 0 Å². The Morgan fingerprint density at radius 3 is 2.65 bits per heavy atom. The standard InChI is InChI=1S/C13H22N4/c1-10-5-6-11(9-16-10)7-8-15-12(14)17-13(2,3)4/h5-6,9H,7-8H2,1-4H3,(H3,14,15,17). The molecule has 0 spiro atoms. The maximum atomic E-state index is 5.77. The molecule has 0 fully saturated rings. The van der Waals surface area contributed by atoms with Crippen LogP contribution in [0.4, 0.5) is 0 Å². The van der Waals surface area contributed by atoms with E-state index in [1.54, 1.807) is 0 Å². The lowest BCUT2D eigenvalue weighted by molar-refractivity contribution is 0.508. The first-order chi connectivity index (χ1) is 7.87. The van der Waals surface area contributed by atoms with Gasteiger partial charge in [0.2, 0.25) is 0 Å². The molecule has 0 atom stereocenters. The zero-order valence-corrected chi connectivity index (χ0v) is 11.1. The summed E-state index contributed by atoms with van der Waals surface area (Å²) in [6.45, 7) is 8.82. The van der Waals surface area contributed by atoms with Crippen LogP contribution in [0.3, 0.4) is 0 Å². The summed E-state index contributed by atoms with van der Waals surface area (Å²) in [5.74, 6) is 0.498. The topological polar surface area (TPSA) is 63.3 Å². The van der Waals surface area contributed by atoms with Gasteiger partial charge >= 0.3 is 0 Å². The van der Waals surface area contributed by atoms with Crippen LogP contribution in [0.25, 0.3) is 0 Å². The Balaban J connectivity index is 2.41. The molecule has 17 heavy (non-hydrogen) atoms. The minimum Gasteiger partial charge on any atom is -0.370 e. The van der Waals surface area contributed by atoms with Crippen molar-refractivity contribution in [1.82, 2.24) is 10.3 Å². The molecule has 1 heterocycles. The van der Waals surface area contributed by atoms with Gasteiger partial charge in [-0.15, -0.1) is 0 Å². The molecule has 0 unspecified atom stereocenters. The van der Waals surface area contributed by atoms with Gasteiger partial charge in [-0.1, -0.05) is 6.07 Å². The Labute approximate surface area is 103 Å². The van der Waals surface area contributed by atoms with E-state index in [2.05, 4.69) is 42.1 Å². The molecule has 0 amide bonds. The molecule has 0 aliphatic rings. The second-order valence-corrected chi connectivity index (χ2v) is 5.20. The molecule has 1 aromatic heterocycles. The number of aliphatic imine (C=N–C) groups is 1. The lowest BCUT2D eigenvalue weighted by Crippen LogP contribution is -2.45. The third-order valence-corrected chi connectivity index (χ3v) is 2.16. The van der Waals surface area contributed by atoms with Crippen LogP contribution in [-0.4, -0.2) is 23.0 Å². The van der Waals surface area contributed by atoms with Gasteiger partial charge in [0.15, 0.2) is 5.96 Å². The number of hydrogen-bond acceptors (Lipinski definition) is 2. The highest BCUT2D eigenvalue weighted by atomic mass is 15.1. The van der Waals surface area contributed by atoms with E-state index in [1.807, 2.05) is 19.2 Å². The molecule has 3 N–H and O–H groups in total. The van der Waals surface area contributed by atoms with Gasteiger partial charge in [-0.05, 0) is 45.7 Å². The molecule has 0 saturated heterocycles. The lowest BCUT2D eigenvalue weighted by atomic mass is 10.1. The highest BCUT2D eigenvalue weighted by Crippen LogP contribution is 2.01. The van der Waals surface area contributed by atoms with Gasteiger partial charge in [0, 0.05) is 24.0 Å². The van der Waals surface area contributed by atoms with Crippen molar-refractivity contribution in [3.63, 3.8) is 0 Å². The first kappa shape index (κ1) is 13.5. The minimum absolute atomic E-state index is 0.0427. The maximum Gasteiger partial charge on any atom is 0.188 e. The van der Waals surface area contributed by atoms with Gasteiger partial charge in [-0.2, -0.15) is 0 Å². The van der Waals surface area contributed by atoms with Crippen LogP contribution in [0.1, 0.15) is 32.0 Å². The molecule has 4 heteroatoms. The summed E-state index contributed by atoms with van der Waals surface area (Å²) in [5, 5.41) is 3.13. The predicted octanol–water partition coefficient (Wildman–Crippen LogP) is 1.64. The van der Waals surface area contributed by atoms with Gasteiger partial charge < -0.3 is 11.1 Å². The molecule has 0 aliphatic heterocycles. The van der Waals surface area contributed by atoms with Crippen LogP contribution in [0.2, 0.25) is 0 Å². The van der Waals surface area contributed by atoms with Gasteiger partial charge in [-0.3, -0.25) is 9.98 Å². The smallest absolute Gasteiger partial charge is 0.188 e. The number of rotatable bonds is 3. The van der Waals surface area contributed by atoms with Crippen LogP contribution >= 0.6 is 0 Å². The summed E-state index contributed by atoms with van der Waals surface area (Å²) in [5.41, 5.74) is 7.95. The Morgan fingerprint density at radius 1 is 1.41 bits per heavy atom. The second kappa shape index (κ2) is 5.66. The lowest BCUT2D eigenvalue weighted by Gasteiger charge is -2.20. The number of pyridine rings is 1. The van der Waals surface area contributed by atoms with E-state index in [-0.39, 0.29) is 5.54 Å². The van der Waals surface area contributed by atoms with E-state index >= 15 is 0 Å². The molecular formula is C13H22N4. The third kappa shape index (κ3) is 5.90. The number of guanidine groups is 1. The van der Waals surface area contributed by atoms with Crippen LogP contribution in [0.5, 0.6) is 0 Å². The summed E-state index contributed by atoms with van der Waals surface area (Å²) in [6.07, 6.45) is 2.75. The van der Waals surface area contributed by atoms with E-state index in [0.717, 1.165) is 12.1 Å². The van der Waals surface area contributed by atoms with E-state index in [0.29, 0.717) is 12.5 Å². The molecule has 1 rings (SSSR count). The highest BCUT2D eigenvalue weighted by Gasteiger charge is 2.09. The molecule has 0 aliphatic carbocycles. The molecule has 0 bridgehead atoms. The fraction of sp³-hybridized carbons (Fsp3) is 0.538. The average Bonchev–Trinajstić information content (AvgIpc) is 2.18. The van der Waals surface area contributed by atoms with Crippen LogP contribution in [-0.2, 0) is 6.42 Å². The summed E-state index contributed by atoms with van der Waals surface area (Å²) < 4.78 is 0. The Kier molecular flexibility index (Phi) is 4.49. The van der Waals surface area contributed by atoms with Crippen molar-refractivity contribution in [2.24, 2.45) is 10.7 Å². The minimum atomic E-state index is -0.0427. The Hall–Kier alpha value is -1.58. The molecule has 0 aromatic carbocycles. The average molecular weight is 234 g/mol. The van der Waals surface area contributed by atoms with Crippen molar-refractivity contribution in [2.75, 3.05) is 6.54 Å². The number of nitrogens with one attached hydrogen (secondary N) is 1. The van der Waals surface area contributed by atoms with Gasteiger partial charge in [0.25, 0.3) is 0 Å². The number of aryl methyl sites for hydroxylation is 1. The van der Waals surface area contributed by atoms with E-state index in [1.165, 1.54) is 5.56 Å². The first-order valence-electron chi connectivity index (χ1n) is 5.86. The largest absolute Gasteiger partial charge is 0.370 e. The van der Waals surface area contributed by atoms with Gasteiger partial charge in [0.1, 0.15) is 0 Å². The fourth-order valence-electron chi connectivity index (χ4n) is 1.38. The van der Waals surface area contributed by atoms with Crippen molar-refractivity contribution in [3.8, 4) is 0 Å². The fourth-order valence-corrected chi connectivity index (χ4v) is 1.38. The molecular weight excluding hydrogens is 212 g/mol. The van der Waals surface area contributed by atoms with Crippen molar-refractivity contribution in [3.05, 3.63) is 29.6 Å². The summed E-state index contributed by atoms with van der Waals surface area (Å²) >= 11 is 0. The monoisotopic (exact) mass is 234 g/mol. The van der Waals surface area contributed by atoms with E-state index in [4.69, 9.17) is 5.73 Å². The molecule has 1 aromatic rings. The SMILES string of the molecule is Cc1ccc(CCN=C(N)NC(C)(C)C)cn1. The first-order valence-corrected chi connectivity index (χ1v) is 5.86. The van der Waals surface area contributed by atoms with E-state index in [9.17, 15) is 0 Å². The van der Waals surface area contributed by atoms with Crippen LogP contribution < -0.4 is 11.1 Å². The number of hydrogen-bond donors (Lipinski definition) is 2. The summed E-state index contributed by atoms with van der Waals surface area (Å²) in [6, 6.07) is 4.08. The number of aromatic nitrogens is 1. The maximum absolute atomic E-state index is 5.77. The zero-order chi connectivity index (χ0) is 12.9. The molecule has 0 radical (unpaired) electrons. The Bertz CT molecular complexity index is 373. The number of nitrogens with two attached hydrogens (primary N) is 1. The molecule has 4 nitrogen and oxygen atoms in total. The zero-order valence-electron chi connectivity index (χ0n) is 11.1. The summed E-state index contributed by atoms with van der Waals surface area (Å²) in [4.78, 5) is 8.52. The Morgan fingerprint density at radius 2 is 2.12 bits per heavy atom. The van der Waals surface area contributed by atoms with Crippen LogP contribution in [0.15, 0.2) is 23.3 Å². The predicted molar refractivity (Wildman–Crippen MR) is 72.1 cm³/mol. The van der Waals surface area contributed by atoms with Gasteiger partial charge in [-0.25, -0.2) is 0 Å². The van der Waals surface area contributed by atoms with Crippen molar-refractivity contribution < 1.29 is 0 Å². The van der Waals surface area contributed by atoms with Crippen molar-refractivity contribution in [2.45, 2.75) is 39.7 Å². The van der Waals surface area contributed by atoms with Gasteiger partial charge in [0.05, 0.1) is 0 Å². The van der Waals surface area contributed by atoms with Crippen molar-refractivity contribution >= 4 is 5.96 Å². The van der Waals surface area contributed by atoms with Crippen molar-refractivity contribution in [1.29, 1.82) is 0 Å². The highest BCUT2D eigenvalue weighted by molar-refractivity contribution is 5.78. The molecule has 0 saturated carbocycles. The molecule has 94 valence electrons. The second-order valence-electron chi connectivity index (χ2n) is 5.20. The van der Waals surface area contributed by atoms with Crippen LogP contribution in [0, 0.1) is 6.92 Å². The normalized spacial score (nSPS) is 12.6. The third-order valence-electron chi connectivity index (χ3n) is 2.16. The summed E-state index contributed by atoms with van der Waals surface area (Å²) in [7, 11) is 0. The quantitative estimate of drug-likeness (QED) is 0.617.